The summed E-state index contributed by atoms with van der Waals surface area (Å²) in [5.74, 6) is 5.62. The summed E-state index contributed by atoms with van der Waals surface area (Å²) >= 11 is 0. The molecule has 0 rings (SSSR count). The first-order valence-electron chi connectivity index (χ1n) is 0.964. The molecule has 0 aromatic heterocycles. The standard InChI is InChI=1S/C2H3NO2/c3-5-2-1-4/h2H,3H2. The van der Waals surface area contributed by atoms with E-state index in [4.69, 9.17) is 4.79 Å². The van der Waals surface area contributed by atoms with E-state index in [2.05, 4.69) is 10.7 Å². The van der Waals surface area contributed by atoms with Gasteiger partial charge in [-0.15, -0.1) is 0 Å². The quantitative estimate of drug-likeness (QED) is 0.252. The zero-order valence-corrected chi connectivity index (χ0v) is 2.47. The Bertz CT molecular complexity index is 54.7. The van der Waals surface area contributed by atoms with E-state index in [0.29, 0.717) is 0 Å². The predicted octanol–water partition coefficient (Wildman–Crippen LogP) is -0.778. The zero-order chi connectivity index (χ0) is 4.12. The van der Waals surface area contributed by atoms with Crippen LogP contribution in [0.5, 0.6) is 0 Å². The van der Waals surface area contributed by atoms with Crippen LogP contribution < -0.4 is 5.90 Å². The third-order valence-electron chi connectivity index (χ3n) is 0.116. The Labute approximate surface area is 29.0 Å². The molecule has 5 heavy (non-hydrogen) atoms. The fourth-order valence-corrected chi connectivity index (χ4v) is 0.0278. The summed E-state index contributed by atoms with van der Waals surface area (Å²) in [6.07, 6.45) is 0.722. The predicted molar refractivity (Wildman–Crippen MR) is 15.5 cm³/mol. The first-order chi connectivity index (χ1) is 2.41. The highest BCUT2D eigenvalue weighted by Gasteiger charge is 1.47. The van der Waals surface area contributed by atoms with Gasteiger partial charge in [0.1, 0.15) is 0 Å². The fraction of sp³-hybridized carbons (Fsp3) is 0. The average Bonchev–Trinajstić information content (AvgIpc) is 1.41. The molecule has 0 fully saturated rings. The van der Waals surface area contributed by atoms with Crippen molar-refractivity contribution in [2.45, 2.75) is 0 Å². The van der Waals surface area contributed by atoms with E-state index in [9.17, 15) is 0 Å². The third-order valence-corrected chi connectivity index (χ3v) is 0.116. The molecule has 0 aliphatic rings. The molecular formula is C2H3NO2. The molecule has 3 heteroatoms. The van der Waals surface area contributed by atoms with Crippen LogP contribution in [0.3, 0.4) is 0 Å². The Hall–Kier alpha value is -0.790. The lowest BCUT2D eigenvalue weighted by atomic mass is 11.1. The molecular weight excluding hydrogens is 70.0 g/mol. The number of nitrogens with two attached hydrogens (primary N) is 1. The van der Waals surface area contributed by atoms with Crippen LogP contribution in [-0.2, 0) is 9.63 Å². The molecule has 0 aromatic carbocycles. The van der Waals surface area contributed by atoms with Gasteiger partial charge in [0, 0.05) is 0 Å². The van der Waals surface area contributed by atoms with Gasteiger partial charge in [-0.2, -0.15) is 5.90 Å². The number of carbonyl (C=O) groups excluding carboxylic acids is 1. The van der Waals surface area contributed by atoms with Crippen LogP contribution in [0.25, 0.3) is 0 Å². The first kappa shape index (κ1) is 4.21. The average molecular weight is 73.1 g/mol. The summed E-state index contributed by atoms with van der Waals surface area (Å²) in [7, 11) is 0. The Morgan fingerprint density at radius 2 is 2.60 bits per heavy atom. The van der Waals surface area contributed by atoms with Crippen molar-refractivity contribution in [3.63, 3.8) is 0 Å². The number of rotatable bonds is 1. The van der Waals surface area contributed by atoms with E-state index < -0.39 is 0 Å². The second kappa shape index (κ2) is 3.21. The van der Waals surface area contributed by atoms with Gasteiger partial charge in [0.15, 0.2) is 12.2 Å². The van der Waals surface area contributed by atoms with E-state index in [1.165, 1.54) is 5.94 Å². The van der Waals surface area contributed by atoms with Gasteiger partial charge in [0.2, 0.25) is 0 Å². The van der Waals surface area contributed by atoms with Gasteiger partial charge in [-0.05, 0) is 0 Å². The highest BCUT2D eigenvalue weighted by molar-refractivity contribution is 5.42. The maximum Gasteiger partial charge on any atom is 0.194 e. The van der Waals surface area contributed by atoms with Crippen LogP contribution in [0.4, 0.5) is 0 Å². The van der Waals surface area contributed by atoms with Crippen LogP contribution in [0.1, 0.15) is 0 Å². The summed E-state index contributed by atoms with van der Waals surface area (Å²) in [5, 5.41) is 0. The van der Waals surface area contributed by atoms with E-state index in [1.54, 1.807) is 0 Å². The molecule has 0 aromatic rings. The summed E-state index contributed by atoms with van der Waals surface area (Å²) in [4.78, 5) is 12.7. The van der Waals surface area contributed by atoms with Crippen molar-refractivity contribution in [2.75, 3.05) is 0 Å². The molecule has 0 bridgehead atoms. The van der Waals surface area contributed by atoms with E-state index >= 15 is 0 Å². The first-order valence-corrected chi connectivity index (χ1v) is 0.964. The molecule has 3 nitrogen and oxygen atoms in total. The minimum Gasteiger partial charge on any atom is -0.408 e. The van der Waals surface area contributed by atoms with Crippen molar-refractivity contribution < 1.29 is 9.63 Å². The van der Waals surface area contributed by atoms with Gasteiger partial charge in [-0.25, -0.2) is 4.79 Å². The highest BCUT2D eigenvalue weighted by atomic mass is 16.6. The van der Waals surface area contributed by atoms with Crippen LogP contribution in [0.2, 0.25) is 0 Å². The maximum atomic E-state index is 9.02. The molecule has 0 atom stereocenters. The second-order valence-electron chi connectivity index (χ2n) is 0.372. The molecule has 0 heterocycles. The number of hydrogen-bond donors (Lipinski definition) is 1. The van der Waals surface area contributed by atoms with Crippen LogP contribution in [0.15, 0.2) is 6.26 Å². The Morgan fingerprint density at radius 1 is 2.00 bits per heavy atom. The third kappa shape index (κ3) is 3.21. The highest BCUT2D eigenvalue weighted by Crippen LogP contribution is 1.43. The maximum absolute atomic E-state index is 9.02. The number of hydrogen-bond acceptors (Lipinski definition) is 3. The van der Waals surface area contributed by atoms with Gasteiger partial charge < -0.3 is 4.84 Å². The smallest absolute Gasteiger partial charge is 0.194 e. The van der Waals surface area contributed by atoms with Crippen molar-refractivity contribution >= 4 is 5.94 Å². The molecule has 0 unspecified atom stereocenters. The van der Waals surface area contributed by atoms with Crippen molar-refractivity contribution in [1.82, 2.24) is 0 Å². The van der Waals surface area contributed by atoms with Crippen LogP contribution in [-0.4, -0.2) is 5.94 Å². The lowest BCUT2D eigenvalue weighted by Gasteiger charge is -1.70. The van der Waals surface area contributed by atoms with Crippen LogP contribution >= 0.6 is 0 Å². The zero-order valence-electron chi connectivity index (χ0n) is 2.47. The largest absolute Gasteiger partial charge is 0.408 e. The molecule has 0 aliphatic heterocycles. The Kier molecular flexibility index (Phi) is 2.70. The molecule has 0 saturated heterocycles. The molecule has 0 aliphatic carbocycles. The summed E-state index contributed by atoms with van der Waals surface area (Å²) in [5.41, 5.74) is 0. The fourth-order valence-electron chi connectivity index (χ4n) is 0.0278. The van der Waals surface area contributed by atoms with Gasteiger partial charge in [-0.3, -0.25) is 0 Å². The van der Waals surface area contributed by atoms with Crippen LogP contribution in [0, 0.1) is 0 Å². The van der Waals surface area contributed by atoms with E-state index in [0.717, 1.165) is 6.26 Å². The van der Waals surface area contributed by atoms with Gasteiger partial charge in [-0.1, -0.05) is 0 Å². The molecule has 2 N–H and O–H groups in total. The second-order valence-corrected chi connectivity index (χ2v) is 0.372. The van der Waals surface area contributed by atoms with Gasteiger partial charge >= 0.3 is 0 Å². The monoisotopic (exact) mass is 73.0 g/mol. The van der Waals surface area contributed by atoms with Crippen molar-refractivity contribution in [3.05, 3.63) is 6.26 Å². The topological polar surface area (TPSA) is 52.3 Å². The van der Waals surface area contributed by atoms with E-state index in [-0.39, 0.29) is 0 Å². The summed E-state index contributed by atoms with van der Waals surface area (Å²) in [6.45, 7) is 0. The summed E-state index contributed by atoms with van der Waals surface area (Å²) in [6, 6.07) is 0. The Balaban J connectivity index is 2.93. The van der Waals surface area contributed by atoms with Crippen molar-refractivity contribution in [2.24, 2.45) is 5.90 Å². The normalized spacial score (nSPS) is 5.00. The van der Waals surface area contributed by atoms with Crippen molar-refractivity contribution in [3.8, 4) is 0 Å². The van der Waals surface area contributed by atoms with E-state index in [1.807, 2.05) is 0 Å². The van der Waals surface area contributed by atoms with Crippen molar-refractivity contribution in [1.29, 1.82) is 0 Å². The van der Waals surface area contributed by atoms with Gasteiger partial charge in [0.05, 0.1) is 0 Å². The minimum atomic E-state index is 0.722. The lowest BCUT2D eigenvalue weighted by molar-refractivity contribution is 0.263. The molecule has 0 spiro atoms. The molecule has 28 valence electrons. The summed E-state index contributed by atoms with van der Waals surface area (Å²) < 4.78 is 0. The molecule has 0 radical (unpaired) electrons. The lowest BCUT2D eigenvalue weighted by Crippen LogP contribution is -1.86. The molecule has 0 saturated carbocycles. The minimum absolute atomic E-state index is 0.722. The Morgan fingerprint density at radius 3 is 2.60 bits per heavy atom. The SMILES string of the molecule is NOC=C=O. The van der Waals surface area contributed by atoms with Gasteiger partial charge in [0.25, 0.3) is 0 Å². The molecule has 0 amide bonds.